The highest BCUT2D eigenvalue weighted by molar-refractivity contribution is 7.89. The van der Waals surface area contributed by atoms with Crippen molar-refractivity contribution in [3.05, 3.63) is 64.9 Å². The Morgan fingerprint density at radius 1 is 1.17 bits per heavy atom. The third-order valence-electron chi connectivity index (χ3n) is 4.95. The standard InChI is InChI=1S/C21H23ClFN3O3S/c22-17-9-11-20(12-10-17)30(28,29)26(19-7-2-1-3-8-19)15-21(27)25-24-14-16-5-4-6-18(23)13-16/h4-6,9-14,19H,1-3,7-8,15H2,(H,25,27)/b24-14-. The zero-order valence-corrected chi connectivity index (χ0v) is 17.9. The fourth-order valence-corrected chi connectivity index (χ4v) is 5.23. The monoisotopic (exact) mass is 451 g/mol. The summed E-state index contributed by atoms with van der Waals surface area (Å²) in [6, 6.07) is 11.4. The fraction of sp³-hybridized carbons (Fsp3) is 0.333. The molecule has 0 aliphatic heterocycles. The van der Waals surface area contributed by atoms with Gasteiger partial charge in [-0.05, 0) is 54.8 Å². The summed E-state index contributed by atoms with van der Waals surface area (Å²) in [4.78, 5) is 12.6. The summed E-state index contributed by atoms with van der Waals surface area (Å²) in [5.74, 6) is -0.978. The third-order valence-corrected chi connectivity index (χ3v) is 7.12. The zero-order chi connectivity index (χ0) is 21.6. The van der Waals surface area contributed by atoms with Gasteiger partial charge in [-0.25, -0.2) is 18.2 Å². The number of nitrogens with zero attached hydrogens (tertiary/aromatic N) is 2. The van der Waals surface area contributed by atoms with Crippen molar-refractivity contribution in [2.75, 3.05) is 6.54 Å². The van der Waals surface area contributed by atoms with E-state index in [1.54, 1.807) is 6.07 Å². The molecule has 0 radical (unpaired) electrons. The van der Waals surface area contributed by atoms with E-state index in [0.717, 1.165) is 19.3 Å². The van der Waals surface area contributed by atoms with Crippen molar-refractivity contribution < 1.29 is 17.6 Å². The number of hydrogen-bond donors (Lipinski definition) is 1. The molecule has 1 aliphatic carbocycles. The molecule has 0 bridgehead atoms. The Bertz CT molecular complexity index is 1010. The third kappa shape index (κ3) is 5.87. The molecule has 3 rings (SSSR count). The van der Waals surface area contributed by atoms with Crippen LogP contribution in [0.4, 0.5) is 4.39 Å². The van der Waals surface area contributed by atoms with Crippen LogP contribution in [0.2, 0.25) is 5.02 Å². The van der Waals surface area contributed by atoms with Crippen molar-refractivity contribution in [3.63, 3.8) is 0 Å². The summed E-state index contributed by atoms with van der Waals surface area (Å²) in [6.45, 7) is -0.351. The molecule has 0 aromatic heterocycles. The van der Waals surface area contributed by atoms with Crippen LogP contribution in [-0.2, 0) is 14.8 Å². The average molecular weight is 452 g/mol. The maximum Gasteiger partial charge on any atom is 0.255 e. The average Bonchev–Trinajstić information content (AvgIpc) is 2.73. The summed E-state index contributed by atoms with van der Waals surface area (Å²) in [5, 5.41) is 4.25. The zero-order valence-electron chi connectivity index (χ0n) is 16.3. The molecule has 160 valence electrons. The quantitative estimate of drug-likeness (QED) is 0.511. The summed E-state index contributed by atoms with van der Waals surface area (Å²) in [5.41, 5.74) is 2.81. The van der Waals surface area contributed by atoms with Crippen LogP contribution in [0.5, 0.6) is 0 Å². The van der Waals surface area contributed by atoms with Crippen LogP contribution in [-0.4, -0.2) is 37.4 Å². The number of halogens is 2. The second-order valence-electron chi connectivity index (χ2n) is 7.14. The topological polar surface area (TPSA) is 78.8 Å². The van der Waals surface area contributed by atoms with Crippen molar-refractivity contribution in [2.24, 2.45) is 5.10 Å². The first-order chi connectivity index (χ1) is 14.4. The molecule has 2 aromatic carbocycles. The number of amides is 1. The highest BCUT2D eigenvalue weighted by Gasteiger charge is 2.33. The van der Waals surface area contributed by atoms with Gasteiger partial charge in [0.2, 0.25) is 10.0 Å². The normalized spacial score (nSPS) is 15.6. The van der Waals surface area contributed by atoms with E-state index in [1.807, 2.05) is 0 Å². The number of sulfonamides is 1. The largest absolute Gasteiger partial charge is 0.272 e. The van der Waals surface area contributed by atoms with E-state index in [9.17, 15) is 17.6 Å². The lowest BCUT2D eigenvalue weighted by Gasteiger charge is -2.32. The SMILES string of the molecule is O=C(CN(C1CCCCC1)S(=O)(=O)c1ccc(Cl)cc1)N/N=C\c1cccc(F)c1. The number of nitrogens with one attached hydrogen (secondary N) is 1. The Hall–Kier alpha value is -2.29. The number of rotatable bonds is 7. The maximum absolute atomic E-state index is 13.2. The van der Waals surface area contributed by atoms with Gasteiger partial charge < -0.3 is 0 Å². The molecule has 1 saturated carbocycles. The molecule has 1 N–H and O–H groups in total. The van der Waals surface area contributed by atoms with Crippen LogP contribution in [0.25, 0.3) is 0 Å². The van der Waals surface area contributed by atoms with Gasteiger partial charge in [-0.15, -0.1) is 0 Å². The minimum atomic E-state index is -3.88. The molecule has 0 heterocycles. The summed E-state index contributed by atoms with van der Waals surface area (Å²) in [6.07, 6.45) is 5.59. The predicted octanol–water partition coefficient (Wildman–Crippen LogP) is 3.95. The smallest absolute Gasteiger partial charge is 0.255 e. The molecule has 0 atom stereocenters. The maximum atomic E-state index is 13.2. The second kappa shape index (κ2) is 10.1. The Kier molecular flexibility index (Phi) is 7.58. The van der Waals surface area contributed by atoms with Gasteiger partial charge >= 0.3 is 0 Å². The van der Waals surface area contributed by atoms with Crippen LogP contribution in [0.15, 0.2) is 58.5 Å². The van der Waals surface area contributed by atoms with Gasteiger partial charge in [0.15, 0.2) is 0 Å². The number of carbonyl (C=O) groups is 1. The molecule has 1 aliphatic rings. The van der Waals surface area contributed by atoms with Gasteiger partial charge in [0, 0.05) is 11.1 Å². The highest BCUT2D eigenvalue weighted by atomic mass is 35.5. The Labute approximate surface area is 180 Å². The minimum absolute atomic E-state index is 0.0912. The highest BCUT2D eigenvalue weighted by Crippen LogP contribution is 2.28. The van der Waals surface area contributed by atoms with Crippen LogP contribution in [0, 0.1) is 5.82 Å². The summed E-state index contributed by atoms with van der Waals surface area (Å²) < 4.78 is 40.9. The number of hydrogen-bond acceptors (Lipinski definition) is 4. The van der Waals surface area contributed by atoms with E-state index < -0.39 is 21.7 Å². The summed E-state index contributed by atoms with van der Waals surface area (Å²) in [7, 11) is -3.88. The van der Waals surface area contributed by atoms with Gasteiger partial charge in [-0.3, -0.25) is 4.79 Å². The van der Waals surface area contributed by atoms with Gasteiger partial charge in [-0.1, -0.05) is 43.0 Å². The van der Waals surface area contributed by atoms with E-state index in [-0.39, 0.29) is 17.5 Å². The van der Waals surface area contributed by atoms with Crippen LogP contribution >= 0.6 is 11.6 Å². The number of carbonyl (C=O) groups excluding carboxylic acids is 1. The molecular weight excluding hydrogens is 429 g/mol. The van der Waals surface area contributed by atoms with E-state index in [4.69, 9.17) is 11.6 Å². The molecule has 1 fully saturated rings. The van der Waals surface area contributed by atoms with Crippen molar-refractivity contribution in [1.82, 2.24) is 9.73 Å². The molecule has 30 heavy (non-hydrogen) atoms. The second-order valence-corrected chi connectivity index (χ2v) is 9.47. The first-order valence-electron chi connectivity index (χ1n) is 9.71. The molecule has 0 saturated heterocycles. The fourth-order valence-electron chi connectivity index (χ4n) is 3.46. The van der Waals surface area contributed by atoms with Gasteiger partial charge in [0.25, 0.3) is 5.91 Å². The van der Waals surface area contributed by atoms with Gasteiger partial charge in [-0.2, -0.15) is 9.41 Å². The molecular formula is C21H23ClFN3O3S. The van der Waals surface area contributed by atoms with Crippen molar-refractivity contribution in [1.29, 1.82) is 0 Å². The van der Waals surface area contributed by atoms with Crippen LogP contribution < -0.4 is 5.43 Å². The predicted molar refractivity (Wildman–Crippen MR) is 114 cm³/mol. The molecule has 0 unspecified atom stereocenters. The van der Waals surface area contributed by atoms with E-state index >= 15 is 0 Å². The van der Waals surface area contributed by atoms with Crippen molar-refractivity contribution >= 4 is 33.7 Å². The number of benzene rings is 2. The van der Waals surface area contributed by atoms with Crippen LogP contribution in [0.3, 0.4) is 0 Å². The number of hydrazone groups is 1. The lowest BCUT2D eigenvalue weighted by atomic mass is 9.95. The van der Waals surface area contributed by atoms with Crippen molar-refractivity contribution in [2.45, 2.75) is 43.0 Å². The van der Waals surface area contributed by atoms with E-state index in [1.165, 1.54) is 53.0 Å². The Morgan fingerprint density at radius 3 is 2.53 bits per heavy atom. The molecule has 1 amide bonds. The minimum Gasteiger partial charge on any atom is -0.272 e. The molecule has 6 nitrogen and oxygen atoms in total. The lowest BCUT2D eigenvalue weighted by molar-refractivity contribution is -0.121. The Morgan fingerprint density at radius 2 is 1.87 bits per heavy atom. The first-order valence-corrected chi connectivity index (χ1v) is 11.5. The Balaban J connectivity index is 1.75. The molecule has 0 spiro atoms. The molecule has 9 heteroatoms. The first kappa shape index (κ1) is 22.4. The van der Waals surface area contributed by atoms with Gasteiger partial charge in [0.05, 0.1) is 17.7 Å². The molecule has 2 aromatic rings. The van der Waals surface area contributed by atoms with Crippen molar-refractivity contribution in [3.8, 4) is 0 Å². The summed E-state index contributed by atoms with van der Waals surface area (Å²) >= 11 is 5.88. The van der Waals surface area contributed by atoms with E-state index in [2.05, 4.69) is 10.5 Å². The van der Waals surface area contributed by atoms with Gasteiger partial charge in [0.1, 0.15) is 5.82 Å². The lowest BCUT2D eigenvalue weighted by Crippen LogP contribution is -2.46. The van der Waals surface area contributed by atoms with Crippen LogP contribution in [0.1, 0.15) is 37.7 Å². The van der Waals surface area contributed by atoms with E-state index in [0.29, 0.717) is 23.4 Å².